The molecule has 1 aliphatic heterocycles. The van der Waals surface area contributed by atoms with E-state index in [1.165, 1.54) is 19.3 Å². The number of amides is 1. The van der Waals surface area contributed by atoms with Crippen molar-refractivity contribution in [2.45, 2.75) is 46.0 Å². The van der Waals surface area contributed by atoms with Crippen LogP contribution in [0.4, 0.5) is 5.69 Å². The largest absolute Gasteiger partial charge is 0.329 e. The number of hydrogen-bond donors (Lipinski definition) is 2. The van der Waals surface area contributed by atoms with Gasteiger partial charge in [0.05, 0.1) is 11.1 Å². The van der Waals surface area contributed by atoms with Gasteiger partial charge >= 0.3 is 0 Å². The third-order valence-corrected chi connectivity index (χ3v) is 4.40. The minimum atomic E-state index is -0.0297. The summed E-state index contributed by atoms with van der Waals surface area (Å²) in [6.07, 6.45) is 6.61. The number of carbonyl (C=O) groups is 1. The summed E-state index contributed by atoms with van der Waals surface area (Å²) in [5.41, 5.74) is 6.99. The zero-order chi connectivity index (χ0) is 16.0. The second-order valence-corrected chi connectivity index (χ2v) is 5.54. The Kier molecular flexibility index (Phi) is 5.36. The number of benzene rings is 1. The van der Waals surface area contributed by atoms with Gasteiger partial charge in [0, 0.05) is 16.9 Å². The average molecular weight is 299 g/mol. The summed E-state index contributed by atoms with van der Waals surface area (Å²) in [7, 11) is 0. The van der Waals surface area contributed by atoms with E-state index >= 15 is 0 Å². The lowest BCUT2D eigenvalue weighted by atomic mass is 9.68. The molecule has 1 aromatic rings. The summed E-state index contributed by atoms with van der Waals surface area (Å²) in [4.78, 5) is 10.6. The predicted molar refractivity (Wildman–Crippen MR) is 91.8 cm³/mol. The van der Waals surface area contributed by atoms with Crippen LogP contribution in [0.1, 0.15) is 51.5 Å². The highest BCUT2D eigenvalue weighted by Gasteiger charge is 2.44. The smallest absolute Gasteiger partial charge is 0.211 e. The van der Waals surface area contributed by atoms with Crippen molar-refractivity contribution in [3.05, 3.63) is 42.1 Å². The van der Waals surface area contributed by atoms with Crippen molar-refractivity contribution >= 4 is 17.8 Å². The number of anilines is 1. The lowest BCUT2D eigenvalue weighted by Crippen LogP contribution is -2.33. The van der Waals surface area contributed by atoms with Crippen molar-refractivity contribution in [2.24, 2.45) is 10.5 Å². The highest BCUT2D eigenvalue weighted by Crippen LogP contribution is 2.46. The van der Waals surface area contributed by atoms with Crippen molar-refractivity contribution in [1.82, 2.24) is 5.43 Å². The monoisotopic (exact) mass is 299 g/mol. The summed E-state index contributed by atoms with van der Waals surface area (Å²) in [6, 6.07) is 7.85. The summed E-state index contributed by atoms with van der Waals surface area (Å²) >= 11 is 0. The molecule has 3 rings (SSSR count). The van der Waals surface area contributed by atoms with Crippen LogP contribution in [0.5, 0.6) is 0 Å². The number of hydrazone groups is 1. The van der Waals surface area contributed by atoms with Crippen LogP contribution in [0, 0.1) is 5.41 Å². The number of rotatable bonds is 3. The standard InChI is InChI=1S/C16H19N3O.C2H6/c1-12-16(8-3-2-4-9-16)15(19-18-12)13-6-5-7-14(10-13)17-11-20;1-2/h5-7,10-11,18H,1-4,8-9H2,(H,17,20);1-2H3. The molecule has 2 aliphatic rings. The topological polar surface area (TPSA) is 53.5 Å². The maximum Gasteiger partial charge on any atom is 0.211 e. The van der Waals surface area contributed by atoms with Crippen molar-refractivity contribution in [1.29, 1.82) is 0 Å². The minimum Gasteiger partial charge on any atom is -0.329 e. The Hall–Kier alpha value is -2.10. The van der Waals surface area contributed by atoms with Gasteiger partial charge in [-0.15, -0.1) is 0 Å². The first kappa shape index (κ1) is 16.3. The Morgan fingerprint density at radius 3 is 2.68 bits per heavy atom. The summed E-state index contributed by atoms with van der Waals surface area (Å²) in [6.45, 7) is 8.17. The first-order valence-electron chi connectivity index (χ1n) is 8.10. The molecule has 1 aromatic carbocycles. The van der Waals surface area contributed by atoms with E-state index in [0.717, 1.165) is 35.5 Å². The molecule has 1 spiro atoms. The SMILES string of the molecule is C=C1NN=C(c2cccc(NC=O)c2)C12CCCCC2.CC. The molecule has 118 valence electrons. The number of hydrogen-bond acceptors (Lipinski definition) is 3. The van der Waals surface area contributed by atoms with Gasteiger partial charge in [-0.05, 0) is 25.0 Å². The molecule has 0 atom stereocenters. The fourth-order valence-corrected chi connectivity index (χ4v) is 3.34. The van der Waals surface area contributed by atoms with Gasteiger partial charge in [0.25, 0.3) is 0 Å². The van der Waals surface area contributed by atoms with E-state index in [1.54, 1.807) is 0 Å². The van der Waals surface area contributed by atoms with E-state index in [2.05, 4.69) is 22.4 Å². The molecular formula is C18H25N3O. The lowest BCUT2D eigenvalue weighted by Gasteiger charge is -2.34. The van der Waals surface area contributed by atoms with E-state index in [-0.39, 0.29) is 5.41 Å². The second kappa shape index (κ2) is 7.25. The van der Waals surface area contributed by atoms with Gasteiger partial charge in [-0.2, -0.15) is 5.10 Å². The Balaban J connectivity index is 0.000000847. The van der Waals surface area contributed by atoms with Crippen LogP contribution in [0.25, 0.3) is 0 Å². The molecule has 4 nitrogen and oxygen atoms in total. The number of allylic oxidation sites excluding steroid dienone is 1. The molecule has 0 aromatic heterocycles. The van der Waals surface area contributed by atoms with Crippen LogP contribution in [-0.4, -0.2) is 12.1 Å². The van der Waals surface area contributed by atoms with E-state index in [1.807, 2.05) is 38.1 Å². The van der Waals surface area contributed by atoms with E-state index in [9.17, 15) is 4.79 Å². The van der Waals surface area contributed by atoms with Gasteiger partial charge in [0.1, 0.15) is 0 Å². The van der Waals surface area contributed by atoms with E-state index in [4.69, 9.17) is 0 Å². The lowest BCUT2D eigenvalue weighted by molar-refractivity contribution is -0.105. The number of nitrogens with zero attached hydrogens (tertiary/aromatic N) is 1. The quantitative estimate of drug-likeness (QED) is 0.827. The average Bonchev–Trinajstić information content (AvgIpc) is 2.87. The van der Waals surface area contributed by atoms with Crippen LogP contribution in [0.15, 0.2) is 41.6 Å². The number of carbonyl (C=O) groups excluding carboxylic acids is 1. The maximum absolute atomic E-state index is 10.6. The fourth-order valence-electron chi connectivity index (χ4n) is 3.34. The zero-order valence-corrected chi connectivity index (χ0v) is 13.5. The van der Waals surface area contributed by atoms with Crippen LogP contribution < -0.4 is 10.7 Å². The Morgan fingerprint density at radius 1 is 1.27 bits per heavy atom. The van der Waals surface area contributed by atoms with Gasteiger partial charge in [-0.25, -0.2) is 0 Å². The van der Waals surface area contributed by atoms with Crippen LogP contribution in [0.3, 0.4) is 0 Å². The molecule has 0 saturated heterocycles. The van der Waals surface area contributed by atoms with Crippen LogP contribution >= 0.6 is 0 Å². The van der Waals surface area contributed by atoms with E-state index < -0.39 is 0 Å². The van der Waals surface area contributed by atoms with Crippen molar-refractivity contribution < 1.29 is 4.79 Å². The Bertz CT molecular complexity index is 571. The molecule has 1 fully saturated rings. The van der Waals surface area contributed by atoms with Gasteiger partial charge in [-0.3, -0.25) is 10.2 Å². The second-order valence-electron chi connectivity index (χ2n) is 5.54. The van der Waals surface area contributed by atoms with Gasteiger partial charge in [0.2, 0.25) is 6.41 Å². The van der Waals surface area contributed by atoms with Crippen LogP contribution in [0.2, 0.25) is 0 Å². The Labute approximate surface area is 132 Å². The maximum atomic E-state index is 10.6. The molecule has 0 unspecified atom stereocenters. The van der Waals surface area contributed by atoms with Crippen LogP contribution in [-0.2, 0) is 4.79 Å². The summed E-state index contributed by atoms with van der Waals surface area (Å²) in [5.74, 6) is 0. The van der Waals surface area contributed by atoms with Gasteiger partial charge in [0.15, 0.2) is 0 Å². The third kappa shape index (κ3) is 2.91. The van der Waals surface area contributed by atoms with Gasteiger partial charge in [-0.1, -0.05) is 51.8 Å². The number of nitrogens with one attached hydrogen (secondary N) is 2. The molecule has 1 saturated carbocycles. The molecule has 1 aliphatic carbocycles. The first-order chi connectivity index (χ1) is 10.8. The molecular weight excluding hydrogens is 274 g/mol. The fraction of sp³-hybridized carbons (Fsp3) is 0.444. The Morgan fingerprint density at radius 2 is 2.00 bits per heavy atom. The molecule has 2 N–H and O–H groups in total. The summed E-state index contributed by atoms with van der Waals surface area (Å²) < 4.78 is 0. The predicted octanol–water partition coefficient (Wildman–Crippen LogP) is 4.05. The molecule has 0 bridgehead atoms. The molecule has 0 radical (unpaired) electrons. The third-order valence-electron chi connectivity index (χ3n) is 4.40. The zero-order valence-electron chi connectivity index (χ0n) is 13.5. The van der Waals surface area contributed by atoms with Crippen molar-refractivity contribution in [3.8, 4) is 0 Å². The molecule has 1 amide bonds. The molecule has 4 heteroatoms. The normalized spacial score (nSPS) is 18.8. The minimum absolute atomic E-state index is 0.0297. The highest BCUT2D eigenvalue weighted by atomic mass is 16.1. The van der Waals surface area contributed by atoms with Gasteiger partial charge < -0.3 is 5.32 Å². The van der Waals surface area contributed by atoms with Crippen molar-refractivity contribution in [3.63, 3.8) is 0 Å². The summed E-state index contributed by atoms with van der Waals surface area (Å²) in [5, 5.41) is 7.21. The van der Waals surface area contributed by atoms with E-state index in [0.29, 0.717) is 6.41 Å². The molecule has 22 heavy (non-hydrogen) atoms. The van der Waals surface area contributed by atoms with Crippen molar-refractivity contribution in [2.75, 3.05) is 5.32 Å². The first-order valence-corrected chi connectivity index (χ1v) is 8.10. The highest BCUT2D eigenvalue weighted by molar-refractivity contribution is 6.08. The molecule has 1 heterocycles.